The van der Waals surface area contributed by atoms with E-state index in [0.717, 1.165) is 19.4 Å². The van der Waals surface area contributed by atoms with E-state index in [0.29, 0.717) is 18.2 Å². The Morgan fingerprint density at radius 2 is 2.07 bits per heavy atom. The zero-order chi connectivity index (χ0) is 10.8. The Morgan fingerprint density at radius 1 is 1.27 bits per heavy atom. The van der Waals surface area contributed by atoms with E-state index in [1.165, 1.54) is 12.8 Å². The van der Waals surface area contributed by atoms with Crippen LogP contribution >= 0.6 is 0 Å². The number of hydrogen-bond donors (Lipinski definition) is 0. The summed E-state index contributed by atoms with van der Waals surface area (Å²) in [5, 5.41) is 9.09. The van der Waals surface area contributed by atoms with Crippen molar-refractivity contribution in [2.24, 2.45) is 5.92 Å². The first-order valence-electron chi connectivity index (χ1n) is 5.97. The Morgan fingerprint density at radius 3 is 2.67 bits per heavy atom. The fourth-order valence-corrected chi connectivity index (χ4v) is 3.08. The van der Waals surface area contributed by atoms with Gasteiger partial charge in [0.05, 0.1) is 18.1 Å². The summed E-state index contributed by atoms with van der Waals surface area (Å²) in [5.41, 5.74) is 0. The van der Waals surface area contributed by atoms with Crippen molar-refractivity contribution < 1.29 is 4.74 Å². The average Bonchev–Trinajstić information content (AvgIpc) is 2.84. The Kier molecular flexibility index (Phi) is 3.28. The van der Waals surface area contributed by atoms with Crippen LogP contribution in [0.15, 0.2) is 0 Å². The highest BCUT2D eigenvalue weighted by atomic mass is 16.5. The lowest BCUT2D eigenvalue weighted by Gasteiger charge is -2.33. The average molecular weight is 208 g/mol. The minimum atomic E-state index is 0.239. The van der Waals surface area contributed by atoms with Crippen molar-refractivity contribution in [2.75, 3.05) is 13.7 Å². The molecule has 1 aliphatic heterocycles. The van der Waals surface area contributed by atoms with E-state index in [4.69, 9.17) is 10.00 Å². The molecule has 4 unspecified atom stereocenters. The molecular weight excluding hydrogens is 188 g/mol. The molecule has 0 bridgehead atoms. The zero-order valence-corrected chi connectivity index (χ0v) is 9.65. The molecule has 15 heavy (non-hydrogen) atoms. The standard InChI is InChI=1S/C12H20N2O/c1-9-11(6-7-15-9)14(2)12-5-3-4-10(12)8-13/h9-12H,3-7H2,1-2H3. The molecule has 4 atom stereocenters. The third-order valence-electron chi connectivity index (χ3n) is 4.03. The van der Waals surface area contributed by atoms with E-state index in [1.54, 1.807) is 0 Å². The summed E-state index contributed by atoms with van der Waals surface area (Å²) < 4.78 is 5.59. The van der Waals surface area contributed by atoms with Gasteiger partial charge in [-0.3, -0.25) is 4.90 Å². The van der Waals surface area contributed by atoms with Gasteiger partial charge in [0.15, 0.2) is 0 Å². The largest absolute Gasteiger partial charge is 0.377 e. The molecule has 0 radical (unpaired) electrons. The van der Waals surface area contributed by atoms with E-state index in [1.807, 2.05) is 0 Å². The fraction of sp³-hybridized carbons (Fsp3) is 0.917. The van der Waals surface area contributed by atoms with Crippen molar-refractivity contribution in [1.29, 1.82) is 5.26 Å². The minimum Gasteiger partial charge on any atom is -0.377 e. The van der Waals surface area contributed by atoms with Crippen LogP contribution in [0.5, 0.6) is 0 Å². The maximum atomic E-state index is 9.09. The summed E-state index contributed by atoms with van der Waals surface area (Å²) in [4.78, 5) is 2.40. The van der Waals surface area contributed by atoms with E-state index in [-0.39, 0.29) is 5.92 Å². The quantitative estimate of drug-likeness (QED) is 0.694. The Bertz CT molecular complexity index is 261. The lowest BCUT2D eigenvalue weighted by atomic mass is 10.0. The molecule has 1 saturated carbocycles. The van der Waals surface area contributed by atoms with Crippen LogP contribution < -0.4 is 0 Å². The molecule has 84 valence electrons. The molecule has 3 nitrogen and oxygen atoms in total. The van der Waals surface area contributed by atoms with Crippen LogP contribution in [0.3, 0.4) is 0 Å². The predicted octanol–water partition coefficient (Wildman–Crippen LogP) is 1.79. The number of nitrogens with zero attached hydrogens (tertiary/aromatic N) is 2. The maximum Gasteiger partial charge on any atom is 0.0703 e. The summed E-state index contributed by atoms with van der Waals surface area (Å²) in [6.45, 7) is 3.02. The van der Waals surface area contributed by atoms with Crippen molar-refractivity contribution in [2.45, 2.75) is 50.8 Å². The second-order valence-electron chi connectivity index (χ2n) is 4.83. The van der Waals surface area contributed by atoms with Crippen molar-refractivity contribution in [3.63, 3.8) is 0 Å². The molecule has 1 heterocycles. The fourth-order valence-electron chi connectivity index (χ4n) is 3.08. The smallest absolute Gasteiger partial charge is 0.0703 e. The van der Waals surface area contributed by atoms with Gasteiger partial charge >= 0.3 is 0 Å². The first kappa shape index (κ1) is 10.9. The molecule has 0 spiro atoms. The molecule has 2 aliphatic rings. The second-order valence-corrected chi connectivity index (χ2v) is 4.83. The van der Waals surface area contributed by atoms with Crippen LogP contribution in [0.4, 0.5) is 0 Å². The molecule has 3 heteroatoms. The lowest BCUT2D eigenvalue weighted by molar-refractivity contribution is 0.0634. The number of hydrogen-bond acceptors (Lipinski definition) is 3. The van der Waals surface area contributed by atoms with Crippen LogP contribution in [0.2, 0.25) is 0 Å². The first-order valence-corrected chi connectivity index (χ1v) is 5.97. The minimum absolute atomic E-state index is 0.239. The topological polar surface area (TPSA) is 36.3 Å². The Hall–Kier alpha value is -0.590. The molecule has 0 N–H and O–H groups in total. The summed E-state index contributed by atoms with van der Waals surface area (Å²) in [6.07, 6.45) is 4.90. The highest BCUT2D eigenvalue weighted by Gasteiger charge is 2.37. The van der Waals surface area contributed by atoms with E-state index >= 15 is 0 Å². The SMILES string of the molecule is CC1OCCC1N(C)C1CCCC1C#N. The highest BCUT2D eigenvalue weighted by molar-refractivity contribution is 4.99. The molecule has 0 aromatic rings. The number of rotatable bonds is 2. The monoisotopic (exact) mass is 208 g/mol. The summed E-state index contributed by atoms with van der Waals surface area (Å²) >= 11 is 0. The van der Waals surface area contributed by atoms with Crippen molar-refractivity contribution >= 4 is 0 Å². The van der Waals surface area contributed by atoms with Gasteiger partial charge in [-0.05, 0) is 33.2 Å². The van der Waals surface area contributed by atoms with E-state index in [9.17, 15) is 0 Å². The van der Waals surface area contributed by atoms with E-state index < -0.39 is 0 Å². The van der Waals surface area contributed by atoms with Crippen molar-refractivity contribution in [1.82, 2.24) is 4.90 Å². The van der Waals surface area contributed by atoms with Crippen molar-refractivity contribution in [3.05, 3.63) is 0 Å². The normalized spacial score (nSPS) is 40.9. The van der Waals surface area contributed by atoms with Gasteiger partial charge in [0, 0.05) is 18.7 Å². The van der Waals surface area contributed by atoms with Gasteiger partial charge in [-0.2, -0.15) is 5.26 Å². The number of likely N-dealkylation sites (N-methyl/N-ethyl adjacent to an activating group) is 1. The molecule has 1 aliphatic carbocycles. The van der Waals surface area contributed by atoms with Crippen LogP contribution in [0, 0.1) is 17.2 Å². The van der Waals surface area contributed by atoms with Crippen molar-refractivity contribution in [3.8, 4) is 6.07 Å². The van der Waals surface area contributed by atoms with Gasteiger partial charge in [-0.15, -0.1) is 0 Å². The van der Waals surface area contributed by atoms with Crippen LogP contribution in [-0.2, 0) is 4.74 Å². The first-order chi connectivity index (χ1) is 7.24. The van der Waals surface area contributed by atoms with Gasteiger partial charge in [-0.1, -0.05) is 6.42 Å². The van der Waals surface area contributed by atoms with Crippen LogP contribution in [0.25, 0.3) is 0 Å². The molecule has 2 fully saturated rings. The Balaban J connectivity index is 2.00. The summed E-state index contributed by atoms with van der Waals surface area (Å²) in [7, 11) is 2.16. The van der Waals surface area contributed by atoms with Gasteiger partial charge in [-0.25, -0.2) is 0 Å². The summed E-state index contributed by atoms with van der Waals surface area (Å²) in [6, 6.07) is 3.43. The molecule has 0 aromatic carbocycles. The highest BCUT2D eigenvalue weighted by Crippen LogP contribution is 2.32. The second kappa shape index (κ2) is 4.51. The molecule has 0 amide bonds. The van der Waals surface area contributed by atoms with Gasteiger partial charge in [0.25, 0.3) is 0 Å². The molecule has 0 aromatic heterocycles. The van der Waals surface area contributed by atoms with Gasteiger partial charge in [0.2, 0.25) is 0 Å². The van der Waals surface area contributed by atoms with Gasteiger partial charge in [0.1, 0.15) is 0 Å². The van der Waals surface area contributed by atoms with Gasteiger partial charge < -0.3 is 4.74 Å². The van der Waals surface area contributed by atoms with Crippen LogP contribution in [-0.4, -0.2) is 36.7 Å². The predicted molar refractivity (Wildman–Crippen MR) is 58.3 cm³/mol. The molecular formula is C12H20N2O. The number of nitriles is 1. The molecule has 2 rings (SSSR count). The third-order valence-corrected chi connectivity index (χ3v) is 4.03. The lowest BCUT2D eigenvalue weighted by Crippen LogP contribution is -2.45. The van der Waals surface area contributed by atoms with Crippen LogP contribution in [0.1, 0.15) is 32.6 Å². The summed E-state index contributed by atoms with van der Waals surface area (Å²) in [5.74, 6) is 0.239. The zero-order valence-electron chi connectivity index (χ0n) is 9.65. The third kappa shape index (κ3) is 2.02. The maximum absolute atomic E-state index is 9.09. The Labute approximate surface area is 92.0 Å². The number of ether oxygens (including phenoxy) is 1. The molecule has 1 saturated heterocycles. The van der Waals surface area contributed by atoms with E-state index in [2.05, 4.69) is 24.9 Å².